The van der Waals surface area contributed by atoms with Gasteiger partial charge >= 0.3 is 5.63 Å². The molecule has 0 aliphatic heterocycles. The van der Waals surface area contributed by atoms with Crippen LogP contribution in [0, 0.1) is 6.92 Å². The number of nitrogens with one attached hydrogen (secondary N) is 1. The molecule has 0 atom stereocenters. The van der Waals surface area contributed by atoms with Crippen LogP contribution in [-0.4, -0.2) is 18.0 Å². The van der Waals surface area contributed by atoms with E-state index in [9.17, 15) is 9.59 Å². The lowest BCUT2D eigenvalue weighted by Crippen LogP contribution is -2.17. The maximum atomic E-state index is 12.7. The Morgan fingerprint density at radius 1 is 1.15 bits per heavy atom. The number of carbonyl (C=O) groups excluding carboxylic acids is 1. The van der Waals surface area contributed by atoms with Gasteiger partial charge in [0.25, 0.3) is 0 Å². The van der Waals surface area contributed by atoms with Crippen molar-refractivity contribution in [3.8, 4) is 17.4 Å². The molecule has 174 valence electrons. The Labute approximate surface area is 205 Å². The van der Waals surface area contributed by atoms with Gasteiger partial charge in [-0.2, -0.15) is 0 Å². The second kappa shape index (κ2) is 10.2. The van der Waals surface area contributed by atoms with Crippen molar-refractivity contribution in [2.75, 3.05) is 12.4 Å². The second-order valence-electron chi connectivity index (χ2n) is 7.44. The van der Waals surface area contributed by atoms with Crippen LogP contribution in [0.3, 0.4) is 0 Å². The molecule has 0 radical (unpaired) electrons. The van der Waals surface area contributed by atoms with Crippen molar-refractivity contribution in [3.63, 3.8) is 0 Å². The van der Waals surface area contributed by atoms with Gasteiger partial charge in [-0.15, -0.1) is 0 Å². The van der Waals surface area contributed by atoms with Crippen molar-refractivity contribution >= 4 is 45.8 Å². The van der Waals surface area contributed by atoms with Gasteiger partial charge in [0.15, 0.2) is 5.75 Å². The third-order valence-electron chi connectivity index (χ3n) is 5.24. The minimum Gasteiger partial charge on any atom is -0.497 e. The summed E-state index contributed by atoms with van der Waals surface area (Å²) in [6.07, 6.45) is 1.70. The van der Waals surface area contributed by atoms with Gasteiger partial charge in [0.1, 0.15) is 16.4 Å². The summed E-state index contributed by atoms with van der Waals surface area (Å²) in [5, 5.41) is 4.23. The van der Waals surface area contributed by atoms with Crippen LogP contribution >= 0.6 is 23.2 Å². The van der Waals surface area contributed by atoms with Crippen LogP contribution in [0.1, 0.15) is 17.5 Å². The molecule has 9 heteroatoms. The van der Waals surface area contributed by atoms with Crippen molar-refractivity contribution in [2.45, 2.75) is 19.8 Å². The van der Waals surface area contributed by atoms with E-state index in [0.717, 1.165) is 10.9 Å². The van der Waals surface area contributed by atoms with E-state index in [2.05, 4.69) is 10.3 Å². The molecular weight excluding hydrogens is 479 g/mol. The summed E-state index contributed by atoms with van der Waals surface area (Å²) in [6, 6.07) is 13.7. The Morgan fingerprint density at radius 2 is 1.94 bits per heavy atom. The van der Waals surface area contributed by atoms with E-state index >= 15 is 0 Å². The van der Waals surface area contributed by atoms with Gasteiger partial charge in [-0.05, 0) is 49.2 Å². The van der Waals surface area contributed by atoms with E-state index in [1.807, 2.05) is 13.0 Å². The third-order valence-corrected chi connectivity index (χ3v) is 5.72. The largest absolute Gasteiger partial charge is 0.497 e. The van der Waals surface area contributed by atoms with Gasteiger partial charge in [-0.3, -0.25) is 4.79 Å². The summed E-state index contributed by atoms with van der Waals surface area (Å²) in [5.74, 6) is 0.828. The van der Waals surface area contributed by atoms with Crippen LogP contribution in [0.5, 0.6) is 17.4 Å². The molecule has 0 spiro atoms. The number of para-hydroxylation sites is 2. The highest BCUT2D eigenvalue weighted by atomic mass is 35.5. The molecule has 0 fully saturated rings. The highest BCUT2D eigenvalue weighted by Gasteiger charge is 2.15. The summed E-state index contributed by atoms with van der Waals surface area (Å²) in [6.45, 7) is 1.84. The molecule has 0 saturated heterocycles. The average Bonchev–Trinajstić information content (AvgIpc) is 2.81. The second-order valence-corrected chi connectivity index (χ2v) is 8.29. The molecule has 2 aromatic carbocycles. The van der Waals surface area contributed by atoms with Gasteiger partial charge < -0.3 is 19.2 Å². The fourth-order valence-electron chi connectivity index (χ4n) is 3.48. The molecule has 0 aliphatic rings. The number of carbonyl (C=O) groups is 1. The first-order valence-electron chi connectivity index (χ1n) is 10.3. The number of aromatic nitrogens is 1. The number of amides is 1. The predicted octanol–water partition coefficient (Wildman–Crippen LogP) is 6.18. The SMILES string of the molecule is COc1ccc2c(C)c(CCC(=O)Nc3ccccc3Oc3ncc(Cl)cc3Cl)c(=O)oc2c1. The molecule has 2 aromatic heterocycles. The van der Waals surface area contributed by atoms with E-state index in [4.69, 9.17) is 37.1 Å². The molecule has 4 rings (SSSR count). The lowest BCUT2D eigenvalue weighted by molar-refractivity contribution is -0.116. The number of pyridine rings is 1. The maximum absolute atomic E-state index is 12.7. The zero-order valence-corrected chi connectivity index (χ0v) is 19.9. The van der Waals surface area contributed by atoms with Crippen molar-refractivity contribution in [2.24, 2.45) is 0 Å². The zero-order valence-electron chi connectivity index (χ0n) is 18.4. The number of benzene rings is 2. The molecule has 7 nitrogen and oxygen atoms in total. The lowest BCUT2D eigenvalue weighted by atomic mass is 10.0. The Balaban J connectivity index is 1.49. The van der Waals surface area contributed by atoms with Crippen LogP contribution in [0.15, 0.2) is 63.9 Å². The molecule has 4 aromatic rings. The molecule has 2 heterocycles. The minimum absolute atomic E-state index is 0.0710. The Bertz CT molecular complexity index is 1440. The van der Waals surface area contributed by atoms with Crippen molar-refractivity contribution < 1.29 is 18.7 Å². The highest BCUT2D eigenvalue weighted by Crippen LogP contribution is 2.33. The van der Waals surface area contributed by atoms with Crippen molar-refractivity contribution in [1.29, 1.82) is 0 Å². The standard InChI is InChI=1S/C25H20Cl2N2O5/c1-14-17-8-7-16(32-2)12-22(17)34-25(31)18(14)9-10-23(30)29-20-5-3-4-6-21(20)33-24-19(27)11-15(26)13-28-24/h3-8,11-13H,9-10H2,1-2H3,(H,29,30). The predicted molar refractivity (Wildman–Crippen MR) is 131 cm³/mol. The summed E-state index contributed by atoms with van der Waals surface area (Å²) in [7, 11) is 1.54. The van der Waals surface area contributed by atoms with E-state index in [0.29, 0.717) is 33.4 Å². The average molecular weight is 499 g/mol. The number of aryl methyl sites for hydroxylation is 1. The Morgan fingerprint density at radius 3 is 2.71 bits per heavy atom. The first-order chi connectivity index (χ1) is 16.4. The zero-order chi connectivity index (χ0) is 24.2. The highest BCUT2D eigenvalue weighted by molar-refractivity contribution is 6.35. The van der Waals surface area contributed by atoms with Crippen molar-refractivity contribution in [1.82, 2.24) is 4.98 Å². The molecule has 1 N–H and O–H groups in total. The first-order valence-corrected chi connectivity index (χ1v) is 11.1. The van der Waals surface area contributed by atoms with Gasteiger partial charge in [-0.1, -0.05) is 35.3 Å². The Kier molecular flexibility index (Phi) is 7.05. The quantitative estimate of drug-likeness (QED) is 0.306. The third kappa shape index (κ3) is 5.16. The fraction of sp³-hybridized carbons (Fsp3) is 0.160. The molecule has 0 saturated carbocycles. The lowest BCUT2D eigenvalue weighted by Gasteiger charge is -2.13. The monoisotopic (exact) mass is 498 g/mol. The number of hydrogen-bond donors (Lipinski definition) is 1. The number of ether oxygens (including phenoxy) is 2. The van der Waals surface area contributed by atoms with Crippen LogP contribution in [0.2, 0.25) is 10.0 Å². The van der Waals surface area contributed by atoms with Gasteiger partial charge in [0, 0.05) is 29.6 Å². The number of rotatable bonds is 7. The smallest absolute Gasteiger partial charge is 0.339 e. The number of methoxy groups -OCH3 is 1. The number of nitrogens with zero attached hydrogens (tertiary/aromatic N) is 1. The van der Waals surface area contributed by atoms with E-state index in [1.54, 1.807) is 43.5 Å². The molecule has 0 aliphatic carbocycles. The fourth-order valence-corrected chi connectivity index (χ4v) is 3.90. The number of hydrogen-bond acceptors (Lipinski definition) is 6. The van der Waals surface area contributed by atoms with Crippen LogP contribution in [0.25, 0.3) is 11.0 Å². The molecular formula is C25H20Cl2N2O5. The Hall–Kier alpha value is -3.55. The van der Waals surface area contributed by atoms with E-state index < -0.39 is 5.63 Å². The normalized spacial score (nSPS) is 10.8. The van der Waals surface area contributed by atoms with Gasteiger partial charge in [0.2, 0.25) is 11.8 Å². The molecule has 0 unspecified atom stereocenters. The number of halogens is 2. The summed E-state index contributed by atoms with van der Waals surface area (Å²) in [5.41, 5.74) is 1.63. The summed E-state index contributed by atoms with van der Waals surface area (Å²) in [4.78, 5) is 29.3. The molecule has 1 amide bonds. The number of fused-ring (bicyclic) bond motifs is 1. The topological polar surface area (TPSA) is 90.7 Å². The van der Waals surface area contributed by atoms with Crippen LogP contribution in [0.4, 0.5) is 5.69 Å². The summed E-state index contributed by atoms with van der Waals surface area (Å²) < 4.78 is 16.4. The summed E-state index contributed by atoms with van der Waals surface area (Å²) >= 11 is 12.0. The van der Waals surface area contributed by atoms with Crippen LogP contribution in [-0.2, 0) is 11.2 Å². The van der Waals surface area contributed by atoms with Crippen LogP contribution < -0.4 is 20.4 Å². The first kappa shape index (κ1) is 23.6. The van der Waals surface area contributed by atoms with Gasteiger partial charge in [-0.25, -0.2) is 9.78 Å². The van der Waals surface area contributed by atoms with E-state index in [1.165, 1.54) is 12.3 Å². The molecule has 34 heavy (non-hydrogen) atoms. The minimum atomic E-state index is -0.474. The van der Waals surface area contributed by atoms with Crippen molar-refractivity contribution in [3.05, 3.63) is 86.3 Å². The van der Waals surface area contributed by atoms with E-state index in [-0.39, 0.29) is 29.7 Å². The molecule has 0 bridgehead atoms. The maximum Gasteiger partial charge on any atom is 0.339 e. The van der Waals surface area contributed by atoms with Gasteiger partial charge in [0.05, 0.1) is 17.8 Å². The number of anilines is 1.